The number of hydrogen-bond acceptors (Lipinski definition) is 7. The first-order valence-electron chi connectivity index (χ1n) is 9.97. The SMILES string of the molecule is O=C(COc1ccc(Cl)cc1Cl)Nc1ccc(Nc2cc(N3CCOCC3)cnn2)cc1. The summed E-state index contributed by atoms with van der Waals surface area (Å²) in [5, 5.41) is 15.1. The highest BCUT2D eigenvalue weighted by Gasteiger charge is 2.12. The van der Waals surface area contributed by atoms with Gasteiger partial charge in [0.05, 0.1) is 30.1 Å². The van der Waals surface area contributed by atoms with Gasteiger partial charge in [-0.2, -0.15) is 5.10 Å². The lowest BCUT2D eigenvalue weighted by atomic mass is 10.2. The van der Waals surface area contributed by atoms with Crippen molar-refractivity contribution in [2.75, 3.05) is 48.4 Å². The van der Waals surface area contributed by atoms with Gasteiger partial charge in [0.2, 0.25) is 0 Å². The molecule has 1 aliphatic heterocycles. The van der Waals surface area contributed by atoms with Crippen molar-refractivity contribution in [2.45, 2.75) is 0 Å². The number of anilines is 4. The fourth-order valence-corrected chi connectivity index (χ4v) is 3.59. The van der Waals surface area contributed by atoms with Gasteiger partial charge < -0.3 is 25.0 Å². The number of ether oxygens (including phenoxy) is 2. The monoisotopic (exact) mass is 473 g/mol. The molecule has 0 saturated carbocycles. The van der Waals surface area contributed by atoms with E-state index < -0.39 is 0 Å². The van der Waals surface area contributed by atoms with Crippen LogP contribution in [0.25, 0.3) is 0 Å². The molecular formula is C22H21Cl2N5O3. The van der Waals surface area contributed by atoms with Gasteiger partial charge in [-0.25, -0.2) is 0 Å². The highest BCUT2D eigenvalue weighted by Crippen LogP contribution is 2.27. The number of amides is 1. The van der Waals surface area contributed by atoms with E-state index in [1.54, 1.807) is 36.5 Å². The van der Waals surface area contributed by atoms with E-state index >= 15 is 0 Å². The summed E-state index contributed by atoms with van der Waals surface area (Å²) >= 11 is 11.9. The molecule has 0 spiro atoms. The zero-order valence-electron chi connectivity index (χ0n) is 17.1. The molecule has 1 fully saturated rings. The molecule has 3 aromatic rings. The lowest BCUT2D eigenvalue weighted by Crippen LogP contribution is -2.36. The van der Waals surface area contributed by atoms with Gasteiger partial charge in [-0.15, -0.1) is 5.10 Å². The van der Waals surface area contributed by atoms with Gasteiger partial charge in [0, 0.05) is 35.6 Å². The van der Waals surface area contributed by atoms with Gasteiger partial charge in [-0.05, 0) is 42.5 Å². The van der Waals surface area contributed by atoms with Crippen LogP contribution in [0.2, 0.25) is 10.0 Å². The van der Waals surface area contributed by atoms with Crippen molar-refractivity contribution >= 4 is 52.0 Å². The van der Waals surface area contributed by atoms with E-state index in [1.807, 2.05) is 18.2 Å². The summed E-state index contributed by atoms with van der Waals surface area (Å²) in [6, 6.07) is 14.0. The number of aromatic nitrogens is 2. The lowest BCUT2D eigenvalue weighted by molar-refractivity contribution is -0.118. The number of morpholine rings is 1. The average Bonchev–Trinajstić information content (AvgIpc) is 2.81. The van der Waals surface area contributed by atoms with Crippen molar-refractivity contribution in [3.63, 3.8) is 0 Å². The maximum absolute atomic E-state index is 12.2. The number of nitrogens with one attached hydrogen (secondary N) is 2. The first kappa shape index (κ1) is 22.1. The quantitative estimate of drug-likeness (QED) is 0.526. The van der Waals surface area contributed by atoms with Crippen LogP contribution in [0.5, 0.6) is 5.75 Å². The molecule has 8 nitrogen and oxygen atoms in total. The summed E-state index contributed by atoms with van der Waals surface area (Å²) in [6.07, 6.45) is 1.74. The highest BCUT2D eigenvalue weighted by atomic mass is 35.5. The van der Waals surface area contributed by atoms with E-state index in [9.17, 15) is 4.79 Å². The number of carbonyl (C=O) groups is 1. The fourth-order valence-electron chi connectivity index (χ4n) is 3.13. The number of benzene rings is 2. The van der Waals surface area contributed by atoms with Crippen LogP contribution in [-0.4, -0.2) is 49.0 Å². The molecule has 0 unspecified atom stereocenters. The molecule has 2 N–H and O–H groups in total. The summed E-state index contributed by atoms with van der Waals surface area (Å²) in [5.41, 5.74) is 2.45. The number of carbonyl (C=O) groups excluding carboxylic acids is 1. The van der Waals surface area contributed by atoms with Gasteiger partial charge in [0.25, 0.3) is 5.91 Å². The van der Waals surface area contributed by atoms with Crippen molar-refractivity contribution in [3.8, 4) is 5.75 Å². The summed E-state index contributed by atoms with van der Waals surface area (Å²) < 4.78 is 10.8. The van der Waals surface area contributed by atoms with Gasteiger partial charge in [-0.3, -0.25) is 4.79 Å². The Bertz CT molecular complexity index is 1080. The van der Waals surface area contributed by atoms with Crippen LogP contribution >= 0.6 is 23.2 Å². The molecule has 2 heterocycles. The largest absolute Gasteiger partial charge is 0.482 e. The molecular weight excluding hydrogens is 453 g/mol. The summed E-state index contributed by atoms with van der Waals surface area (Å²) in [6.45, 7) is 2.89. The van der Waals surface area contributed by atoms with Crippen molar-refractivity contribution in [1.29, 1.82) is 0 Å². The molecule has 1 saturated heterocycles. The smallest absolute Gasteiger partial charge is 0.262 e. The first-order valence-corrected chi connectivity index (χ1v) is 10.7. The Hall–Kier alpha value is -3.07. The minimum absolute atomic E-state index is 0.175. The minimum Gasteiger partial charge on any atom is -0.482 e. The Labute approximate surface area is 195 Å². The molecule has 2 aromatic carbocycles. The van der Waals surface area contributed by atoms with E-state index in [0.29, 0.717) is 40.5 Å². The van der Waals surface area contributed by atoms with Crippen molar-refractivity contribution in [1.82, 2.24) is 10.2 Å². The molecule has 0 atom stereocenters. The van der Waals surface area contributed by atoms with E-state index in [4.69, 9.17) is 32.7 Å². The van der Waals surface area contributed by atoms with Gasteiger partial charge in [-0.1, -0.05) is 23.2 Å². The van der Waals surface area contributed by atoms with E-state index in [-0.39, 0.29) is 12.5 Å². The standard InChI is InChI=1S/C22H21Cl2N5O3/c23-15-1-6-20(19(24)11-15)32-14-22(30)27-17-4-2-16(3-5-17)26-21-12-18(13-25-28-21)29-7-9-31-10-8-29/h1-6,11-13H,7-10,14H2,(H,26,28)(H,27,30). The summed E-state index contributed by atoms with van der Waals surface area (Å²) in [7, 11) is 0. The van der Waals surface area contributed by atoms with Crippen molar-refractivity contribution in [3.05, 3.63) is 64.8 Å². The van der Waals surface area contributed by atoms with Crippen LogP contribution in [0.15, 0.2) is 54.7 Å². The Morgan fingerprint density at radius 1 is 1.06 bits per heavy atom. The van der Waals surface area contributed by atoms with Crippen LogP contribution in [0.3, 0.4) is 0 Å². The second kappa shape index (κ2) is 10.5. The zero-order chi connectivity index (χ0) is 22.3. The molecule has 1 amide bonds. The maximum atomic E-state index is 12.2. The molecule has 0 radical (unpaired) electrons. The van der Waals surface area contributed by atoms with Crippen LogP contribution in [0.1, 0.15) is 0 Å². The van der Waals surface area contributed by atoms with Gasteiger partial charge in [0.15, 0.2) is 12.4 Å². The fraction of sp³-hybridized carbons (Fsp3) is 0.227. The third-order valence-corrected chi connectivity index (χ3v) is 5.24. The number of rotatable bonds is 7. The second-order valence-corrected chi connectivity index (χ2v) is 7.86. The van der Waals surface area contributed by atoms with Crippen molar-refractivity contribution < 1.29 is 14.3 Å². The summed E-state index contributed by atoms with van der Waals surface area (Å²) in [5.74, 6) is 0.728. The third kappa shape index (κ3) is 6.00. The molecule has 4 rings (SSSR count). The Morgan fingerprint density at radius 2 is 1.81 bits per heavy atom. The molecule has 166 valence electrons. The Balaban J connectivity index is 1.30. The molecule has 1 aliphatic rings. The number of hydrogen-bond donors (Lipinski definition) is 2. The number of nitrogens with zero attached hydrogens (tertiary/aromatic N) is 3. The van der Waals surface area contributed by atoms with Crippen LogP contribution in [-0.2, 0) is 9.53 Å². The first-order chi connectivity index (χ1) is 15.6. The predicted octanol–water partition coefficient (Wildman–Crippen LogP) is 4.38. The highest BCUT2D eigenvalue weighted by molar-refractivity contribution is 6.35. The van der Waals surface area contributed by atoms with Crippen LogP contribution in [0.4, 0.5) is 22.9 Å². The number of halogens is 2. The van der Waals surface area contributed by atoms with Crippen LogP contribution in [0, 0.1) is 0 Å². The van der Waals surface area contributed by atoms with Gasteiger partial charge >= 0.3 is 0 Å². The van der Waals surface area contributed by atoms with E-state index in [1.165, 1.54) is 0 Å². The van der Waals surface area contributed by atoms with E-state index in [0.717, 1.165) is 24.5 Å². The average molecular weight is 474 g/mol. The van der Waals surface area contributed by atoms with Crippen molar-refractivity contribution in [2.24, 2.45) is 0 Å². The zero-order valence-corrected chi connectivity index (χ0v) is 18.6. The molecule has 1 aromatic heterocycles. The Kier molecular flexibility index (Phi) is 7.26. The predicted molar refractivity (Wildman–Crippen MR) is 125 cm³/mol. The summed E-state index contributed by atoms with van der Waals surface area (Å²) in [4.78, 5) is 14.4. The van der Waals surface area contributed by atoms with Crippen LogP contribution < -0.4 is 20.3 Å². The van der Waals surface area contributed by atoms with Gasteiger partial charge in [0.1, 0.15) is 5.75 Å². The topological polar surface area (TPSA) is 88.6 Å². The molecule has 0 bridgehead atoms. The second-order valence-electron chi connectivity index (χ2n) is 7.01. The lowest BCUT2D eigenvalue weighted by Gasteiger charge is -2.28. The molecule has 32 heavy (non-hydrogen) atoms. The molecule has 10 heteroatoms. The molecule has 0 aliphatic carbocycles. The minimum atomic E-state index is -0.305. The maximum Gasteiger partial charge on any atom is 0.262 e. The van der Waals surface area contributed by atoms with E-state index in [2.05, 4.69) is 25.7 Å². The Morgan fingerprint density at radius 3 is 2.56 bits per heavy atom. The third-order valence-electron chi connectivity index (χ3n) is 4.71. The normalized spacial score (nSPS) is 13.5.